The number of phenolic OH excluding ortho intramolecular Hbond substituents is 1. The smallest absolute Gasteiger partial charge is 0.207 e. The molecule has 0 spiro atoms. The molecular formula is C12H9NO5. The molecule has 92 valence electrons. The zero-order chi connectivity index (χ0) is 13.4. The molecule has 0 saturated carbocycles. The van der Waals surface area contributed by atoms with Gasteiger partial charge in [0.1, 0.15) is 33.7 Å². The first-order chi connectivity index (χ1) is 8.45. The summed E-state index contributed by atoms with van der Waals surface area (Å²) in [5.74, 6) is -0.735. The molecule has 0 amide bonds. The van der Waals surface area contributed by atoms with Crippen molar-refractivity contribution in [2.45, 2.75) is 13.8 Å². The number of rotatable bonds is 2. The average Bonchev–Trinajstić information content (AvgIpc) is 2.26. The fraction of sp³-hybridized carbons (Fsp3) is 0.167. The van der Waals surface area contributed by atoms with Gasteiger partial charge in [-0.3, -0.25) is 9.59 Å². The van der Waals surface area contributed by atoms with Crippen molar-refractivity contribution in [1.82, 2.24) is 0 Å². The number of hydrogen-bond acceptors (Lipinski definition) is 6. The highest BCUT2D eigenvalue weighted by Gasteiger charge is 2.18. The van der Waals surface area contributed by atoms with Gasteiger partial charge in [-0.05, 0) is 19.0 Å². The number of hydrogen-bond donors (Lipinski definition) is 1. The standard InChI is InChI=1S/C12H9NO5/c1-5(14)10-6(2)18-9-4-7(13-17)3-8(15)11(9)12(10)16/h3-4,15H,1-2H3. The van der Waals surface area contributed by atoms with E-state index in [0.717, 1.165) is 6.07 Å². The molecule has 6 nitrogen and oxygen atoms in total. The summed E-state index contributed by atoms with van der Waals surface area (Å²) in [7, 11) is 0. The van der Waals surface area contributed by atoms with Crippen LogP contribution in [0.3, 0.4) is 0 Å². The lowest BCUT2D eigenvalue weighted by Gasteiger charge is -2.05. The van der Waals surface area contributed by atoms with Crippen LogP contribution in [0.25, 0.3) is 11.0 Å². The van der Waals surface area contributed by atoms with E-state index in [9.17, 15) is 19.6 Å². The van der Waals surface area contributed by atoms with Crippen molar-refractivity contribution in [2.24, 2.45) is 5.18 Å². The molecule has 0 atom stereocenters. The lowest BCUT2D eigenvalue weighted by Crippen LogP contribution is -2.15. The fourth-order valence-corrected chi connectivity index (χ4v) is 1.86. The molecule has 2 rings (SSSR count). The third-order valence-corrected chi connectivity index (χ3v) is 2.59. The van der Waals surface area contributed by atoms with Gasteiger partial charge < -0.3 is 9.52 Å². The first kappa shape index (κ1) is 12.0. The summed E-state index contributed by atoms with van der Waals surface area (Å²) in [6.45, 7) is 2.71. The average molecular weight is 247 g/mol. The van der Waals surface area contributed by atoms with Crippen molar-refractivity contribution in [1.29, 1.82) is 0 Å². The first-order valence-electron chi connectivity index (χ1n) is 5.10. The van der Waals surface area contributed by atoms with Crippen LogP contribution in [0.5, 0.6) is 5.75 Å². The first-order valence-corrected chi connectivity index (χ1v) is 5.10. The lowest BCUT2D eigenvalue weighted by atomic mass is 10.1. The maximum atomic E-state index is 12.1. The molecule has 0 bridgehead atoms. The fourth-order valence-electron chi connectivity index (χ4n) is 1.86. The Morgan fingerprint density at radius 1 is 1.39 bits per heavy atom. The van der Waals surface area contributed by atoms with Gasteiger partial charge in [0, 0.05) is 12.1 Å². The Morgan fingerprint density at radius 2 is 2.06 bits per heavy atom. The molecule has 18 heavy (non-hydrogen) atoms. The van der Waals surface area contributed by atoms with E-state index >= 15 is 0 Å². The molecule has 0 saturated heterocycles. The Kier molecular flexibility index (Phi) is 2.70. The van der Waals surface area contributed by atoms with Gasteiger partial charge in [0.15, 0.2) is 5.78 Å². The Labute approximate surface area is 101 Å². The van der Waals surface area contributed by atoms with Crippen LogP contribution in [0.1, 0.15) is 23.0 Å². The Morgan fingerprint density at radius 3 is 2.61 bits per heavy atom. The third-order valence-electron chi connectivity index (χ3n) is 2.59. The van der Waals surface area contributed by atoms with Crippen molar-refractivity contribution >= 4 is 22.4 Å². The number of phenols is 1. The van der Waals surface area contributed by atoms with Crippen molar-refractivity contribution in [3.8, 4) is 5.75 Å². The molecule has 0 aliphatic heterocycles. The number of fused-ring (bicyclic) bond motifs is 1. The molecule has 1 N–H and O–H groups in total. The number of aromatic hydroxyl groups is 1. The number of aryl methyl sites for hydroxylation is 1. The number of carbonyl (C=O) groups is 1. The maximum Gasteiger partial charge on any atom is 0.207 e. The molecule has 0 aliphatic rings. The van der Waals surface area contributed by atoms with E-state index in [4.69, 9.17) is 4.42 Å². The minimum absolute atomic E-state index is 0.0251. The molecule has 0 aliphatic carbocycles. The molecule has 0 radical (unpaired) electrons. The topological polar surface area (TPSA) is 96.9 Å². The predicted molar refractivity (Wildman–Crippen MR) is 64.3 cm³/mol. The maximum absolute atomic E-state index is 12.1. The highest BCUT2D eigenvalue weighted by Crippen LogP contribution is 2.29. The van der Waals surface area contributed by atoms with Crippen molar-refractivity contribution < 1.29 is 14.3 Å². The Balaban J connectivity index is 3.00. The van der Waals surface area contributed by atoms with Gasteiger partial charge in [-0.2, -0.15) is 0 Å². The Bertz CT molecular complexity index is 729. The molecular weight excluding hydrogens is 238 g/mol. The normalized spacial score (nSPS) is 10.6. The molecule has 6 heteroatoms. The lowest BCUT2D eigenvalue weighted by molar-refractivity contribution is 0.101. The summed E-state index contributed by atoms with van der Waals surface area (Å²) in [5.41, 5.74) is -0.754. The van der Waals surface area contributed by atoms with E-state index in [1.54, 1.807) is 0 Å². The second-order valence-corrected chi connectivity index (χ2v) is 3.85. The summed E-state index contributed by atoms with van der Waals surface area (Å²) < 4.78 is 5.28. The zero-order valence-corrected chi connectivity index (χ0v) is 9.68. The van der Waals surface area contributed by atoms with Crippen LogP contribution in [0.15, 0.2) is 26.5 Å². The Hall–Kier alpha value is -2.50. The number of benzene rings is 1. The van der Waals surface area contributed by atoms with Crippen molar-refractivity contribution in [2.75, 3.05) is 0 Å². The number of nitroso groups, excluding NO2 is 1. The van der Waals surface area contributed by atoms with Crippen LogP contribution in [-0.4, -0.2) is 10.9 Å². The highest BCUT2D eigenvalue weighted by atomic mass is 16.3. The van der Waals surface area contributed by atoms with Gasteiger partial charge in [-0.1, -0.05) is 0 Å². The molecule has 1 aromatic heterocycles. The van der Waals surface area contributed by atoms with Crippen LogP contribution in [0.4, 0.5) is 5.69 Å². The van der Waals surface area contributed by atoms with Crippen LogP contribution >= 0.6 is 0 Å². The van der Waals surface area contributed by atoms with E-state index in [1.807, 2.05) is 0 Å². The van der Waals surface area contributed by atoms with Gasteiger partial charge in [0.2, 0.25) is 5.43 Å². The summed E-state index contributed by atoms with van der Waals surface area (Å²) in [4.78, 5) is 33.8. The quantitative estimate of drug-likeness (QED) is 0.649. The van der Waals surface area contributed by atoms with Crippen LogP contribution in [0.2, 0.25) is 0 Å². The molecule has 0 unspecified atom stereocenters. The van der Waals surface area contributed by atoms with Gasteiger partial charge >= 0.3 is 0 Å². The number of nitrogens with zero attached hydrogens (tertiary/aromatic N) is 1. The molecule has 1 aromatic carbocycles. The minimum Gasteiger partial charge on any atom is -0.507 e. The number of Topliss-reactive ketones (excluding diaryl/α,β-unsaturated/α-hetero) is 1. The summed E-state index contributed by atoms with van der Waals surface area (Å²) in [6, 6.07) is 2.28. The summed E-state index contributed by atoms with van der Waals surface area (Å²) >= 11 is 0. The van der Waals surface area contributed by atoms with E-state index in [1.165, 1.54) is 19.9 Å². The van der Waals surface area contributed by atoms with Crippen LogP contribution in [-0.2, 0) is 0 Å². The van der Waals surface area contributed by atoms with E-state index in [2.05, 4.69) is 5.18 Å². The van der Waals surface area contributed by atoms with Crippen molar-refractivity contribution in [3.05, 3.63) is 38.6 Å². The molecule has 2 aromatic rings. The molecule has 1 heterocycles. The second-order valence-electron chi connectivity index (χ2n) is 3.85. The summed E-state index contributed by atoms with van der Waals surface area (Å²) in [5, 5.41) is 12.2. The number of carbonyl (C=O) groups excluding carboxylic acids is 1. The second kappa shape index (κ2) is 4.06. The van der Waals surface area contributed by atoms with E-state index < -0.39 is 17.0 Å². The molecule has 0 fully saturated rings. The van der Waals surface area contributed by atoms with Crippen molar-refractivity contribution in [3.63, 3.8) is 0 Å². The summed E-state index contributed by atoms with van der Waals surface area (Å²) in [6.07, 6.45) is 0. The van der Waals surface area contributed by atoms with E-state index in [0.29, 0.717) is 0 Å². The van der Waals surface area contributed by atoms with Gasteiger partial charge in [-0.15, -0.1) is 4.91 Å². The van der Waals surface area contributed by atoms with Crippen LogP contribution < -0.4 is 5.43 Å². The third kappa shape index (κ3) is 1.67. The van der Waals surface area contributed by atoms with Crippen LogP contribution in [0, 0.1) is 11.8 Å². The zero-order valence-electron chi connectivity index (χ0n) is 9.68. The monoisotopic (exact) mass is 247 g/mol. The van der Waals surface area contributed by atoms with Gasteiger partial charge in [0.05, 0.1) is 0 Å². The highest BCUT2D eigenvalue weighted by molar-refractivity contribution is 5.99. The van der Waals surface area contributed by atoms with Gasteiger partial charge in [0.25, 0.3) is 0 Å². The largest absolute Gasteiger partial charge is 0.507 e. The minimum atomic E-state index is -0.615. The van der Waals surface area contributed by atoms with Gasteiger partial charge in [-0.25, -0.2) is 0 Å². The number of ketones is 1. The predicted octanol–water partition coefficient (Wildman–Crippen LogP) is 2.41. The SMILES string of the molecule is CC(=O)c1c(C)oc2cc(N=O)cc(O)c2c1=O. The van der Waals surface area contributed by atoms with E-state index in [-0.39, 0.29) is 28.0 Å².